The van der Waals surface area contributed by atoms with E-state index >= 15 is 0 Å². The molecule has 0 unspecified atom stereocenters. The lowest BCUT2D eigenvalue weighted by molar-refractivity contribution is 0.122. The van der Waals surface area contributed by atoms with E-state index in [-0.39, 0.29) is 0 Å². The third kappa shape index (κ3) is 3.98. The highest BCUT2D eigenvalue weighted by molar-refractivity contribution is 9.10. The highest BCUT2D eigenvalue weighted by atomic mass is 79.9. The van der Waals surface area contributed by atoms with Crippen LogP contribution in [-0.2, 0) is 13.1 Å². The van der Waals surface area contributed by atoms with Gasteiger partial charge in [-0.3, -0.25) is 9.80 Å². The van der Waals surface area contributed by atoms with Crippen LogP contribution in [0.3, 0.4) is 0 Å². The van der Waals surface area contributed by atoms with Crippen LogP contribution in [0.5, 0.6) is 17.2 Å². The molecule has 0 aliphatic carbocycles. The van der Waals surface area contributed by atoms with Gasteiger partial charge in [0, 0.05) is 39.3 Å². The second-order valence-corrected chi connectivity index (χ2v) is 7.56. The van der Waals surface area contributed by atoms with E-state index in [1.165, 1.54) is 11.1 Å². The number of ether oxygens (including phenoxy) is 3. The van der Waals surface area contributed by atoms with E-state index in [2.05, 4.69) is 50.0 Å². The zero-order valence-electron chi connectivity index (χ0n) is 14.9. The predicted octanol–water partition coefficient (Wildman–Crippen LogP) is 3.50. The first-order valence-electron chi connectivity index (χ1n) is 8.87. The van der Waals surface area contributed by atoms with Crippen LogP contribution in [0.15, 0.2) is 40.9 Å². The standard InChI is InChI=1S/C20H23BrN2O3/c1-24-18-4-2-15(10-17(18)21)12-22-6-8-23(9-7-22)13-16-3-5-19-20(11-16)26-14-25-19/h2-5,10-11H,6-9,12-14H2,1H3. The number of hydrogen-bond acceptors (Lipinski definition) is 5. The van der Waals surface area contributed by atoms with Crippen molar-refractivity contribution in [2.75, 3.05) is 40.1 Å². The minimum Gasteiger partial charge on any atom is -0.496 e. The highest BCUT2D eigenvalue weighted by Gasteiger charge is 2.19. The maximum Gasteiger partial charge on any atom is 0.231 e. The van der Waals surface area contributed by atoms with Crippen molar-refractivity contribution in [1.82, 2.24) is 9.80 Å². The van der Waals surface area contributed by atoms with E-state index in [1.54, 1.807) is 7.11 Å². The summed E-state index contributed by atoms with van der Waals surface area (Å²) in [5, 5.41) is 0. The van der Waals surface area contributed by atoms with Gasteiger partial charge in [-0.05, 0) is 51.3 Å². The number of nitrogens with zero attached hydrogens (tertiary/aromatic N) is 2. The van der Waals surface area contributed by atoms with Crippen molar-refractivity contribution in [3.05, 3.63) is 52.0 Å². The Hall–Kier alpha value is -1.76. The molecule has 4 rings (SSSR count). The Morgan fingerprint density at radius 2 is 1.50 bits per heavy atom. The zero-order chi connectivity index (χ0) is 17.9. The Morgan fingerprint density at radius 1 is 0.885 bits per heavy atom. The van der Waals surface area contributed by atoms with Gasteiger partial charge in [0.15, 0.2) is 11.5 Å². The van der Waals surface area contributed by atoms with Gasteiger partial charge in [-0.15, -0.1) is 0 Å². The van der Waals surface area contributed by atoms with Crippen molar-refractivity contribution in [2.45, 2.75) is 13.1 Å². The second-order valence-electron chi connectivity index (χ2n) is 6.71. The van der Waals surface area contributed by atoms with Gasteiger partial charge in [-0.25, -0.2) is 0 Å². The van der Waals surface area contributed by atoms with Gasteiger partial charge >= 0.3 is 0 Å². The Bertz CT molecular complexity index is 776. The topological polar surface area (TPSA) is 34.2 Å². The number of methoxy groups -OCH3 is 1. The lowest BCUT2D eigenvalue weighted by Gasteiger charge is -2.34. The first kappa shape index (κ1) is 17.6. The summed E-state index contributed by atoms with van der Waals surface area (Å²) in [5.41, 5.74) is 2.59. The molecule has 0 amide bonds. The van der Waals surface area contributed by atoms with Crippen molar-refractivity contribution in [3.63, 3.8) is 0 Å². The highest BCUT2D eigenvalue weighted by Crippen LogP contribution is 2.33. The van der Waals surface area contributed by atoms with Crippen molar-refractivity contribution >= 4 is 15.9 Å². The molecule has 6 heteroatoms. The molecular formula is C20H23BrN2O3. The van der Waals surface area contributed by atoms with E-state index < -0.39 is 0 Å². The number of fused-ring (bicyclic) bond motifs is 1. The molecule has 0 bridgehead atoms. The van der Waals surface area contributed by atoms with Gasteiger partial charge in [-0.2, -0.15) is 0 Å². The molecule has 0 radical (unpaired) electrons. The monoisotopic (exact) mass is 418 g/mol. The average Bonchev–Trinajstić information content (AvgIpc) is 3.11. The van der Waals surface area contributed by atoms with Crippen molar-refractivity contribution < 1.29 is 14.2 Å². The lowest BCUT2D eigenvalue weighted by atomic mass is 10.1. The fourth-order valence-electron chi connectivity index (χ4n) is 3.47. The number of hydrogen-bond donors (Lipinski definition) is 0. The average molecular weight is 419 g/mol. The van der Waals surface area contributed by atoms with Gasteiger partial charge < -0.3 is 14.2 Å². The summed E-state index contributed by atoms with van der Waals surface area (Å²) >= 11 is 3.57. The van der Waals surface area contributed by atoms with Crippen LogP contribution in [0.1, 0.15) is 11.1 Å². The van der Waals surface area contributed by atoms with E-state index in [0.29, 0.717) is 6.79 Å². The molecular weight excluding hydrogens is 396 g/mol. The molecule has 0 N–H and O–H groups in total. The van der Waals surface area contributed by atoms with Crippen LogP contribution < -0.4 is 14.2 Å². The zero-order valence-corrected chi connectivity index (χ0v) is 16.5. The SMILES string of the molecule is COc1ccc(CN2CCN(Cc3ccc4c(c3)OCO4)CC2)cc1Br. The fourth-order valence-corrected chi connectivity index (χ4v) is 4.06. The molecule has 0 spiro atoms. The van der Waals surface area contributed by atoms with E-state index in [1.807, 2.05) is 12.1 Å². The number of halogens is 1. The number of benzene rings is 2. The van der Waals surface area contributed by atoms with Gasteiger partial charge in [0.25, 0.3) is 0 Å². The van der Waals surface area contributed by atoms with Crippen molar-refractivity contribution in [1.29, 1.82) is 0 Å². The van der Waals surface area contributed by atoms with Gasteiger partial charge in [-0.1, -0.05) is 12.1 Å². The minimum absolute atomic E-state index is 0.332. The maximum absolute atomic E-state index is 5.48. The van der Waals surface area contributed by atoms with Crippen LogP contribution >= 0.6 is 15.9 Å². The fraction of sp³-hybridized carbons (Fsp3) is 0.400. The Balaban J connectivity index is 1.29. The Labute approximate surface area is 162 Å². The lowest BCUT2D eigenvalue weighted by Crippen LogP contribution is -2.45. The third-order valence-electron chi connectivity index (χ3n) is 4.93. The Kier molecular flexibility index (Phi) is 5.33. The third-order valence-corrected chi connectivity index (χ3v) is 5.55. The molecule has 2 aromatic carbocycles. The first-order valence-corrected chi connectivity index (χ1v) is 9.66. The summed E-state index contributed by atoms with van der Waals surface area (Å²) in [6.45, 7) is 6.57. The van der Waals surface area contributed by atoms with E-state index in [4.69, 9.17) is 14.2 Å². The minimum atomic E-state index is 0.332. The smallest absolute Gasteiger partial charge is 0.231 e. The Morgan fingerprint density at radius 3 is 2.15 bits per heavy atom. The number of rotatable bonds is 5. The molecule has 0 saturated carbocycles. The summed E-state index contributed by atoms with van der Waals surface area (Å²) in [6, 6.07) is 12.6. The molecule has 5 nitrogen and oxygen atoms in total. The van der Waals surface area contributed by atoms with Crippen molar-refractivity contribution in [2.24, 2.45) is 0 Å². The number of piperazine rings is 1. The van der Waals surface area contributed by atoms with Crippen LogP contribution in [0.2, 0.25) is 0 Å². The molecule has 0 atom stereocenters. The van der Waals surface area contributed by atoms with Crippen LogP contribution in [0.4, 0.5) is 0 Å². The summed E-state index contributed by atoms with van der Waals surface area (Å²) in [5.74, 6) is 2.60. The second kappa shape index (κ2) is 7.86. The normalized spacial score (nSPS) is 17.5. The molecule has 26 heavy (non-hydrogen) atoms. The quantitative estimate of drug-likeness (QED) is 0.741. The predicted molar refractivity (Wildman–Crippen MR) is 104 cm³/mol. The maximum atomic E-state index is 5.48. The van der Waals surface area contributed by atoms with Crippen LogP contribution in [-0.4, -0.2) is 49.9 Å². The molecule has 2 aliphatic rings. The summed E-state index contributed by atoms with van der Waals surface area (Å²) in [4.78, 5) is 5.00. The molecule has 1 saturated heterocycles. The van der Waals surface area contributed by atoms with Gasteiger partial charge in [0.1, 0.15) is 5.75 Å². The summed E-state index contributed by atoms with van der Waals surface area (Å²) < 4.78 is 17.2. The largest absolute Gasteiger partial charge is 0.496 e. The molecule has 2 heterocycles. The molecule has 1 fully saturated rings. The van der Waals surface area contributed by atoms with Gasteiger partial charge in [0.05, 0.1) is 11.6 Å². The van der Waals surface area contributed by atoms with Crippen LogP contribution in [0.25, 0.3) is 0 Å². The van der Waals surface area contributed by atoms with Gasteiger partial charge in [0.2, 0.25) is 6.79 Å². The van der Waals surface area contributed by atoms with Crippen molar-refractivity contribution in [3.8, 4) is 17.2 Å². The summed E-state index contributed by atoms with van der Waals surface area (Å²) in [6.07, 6.45) is 0. The van der Waals surface area contributed by atoms with E-state index in [9.17, 15) is 0 Å². The van der Waals surface area contributed by atoms with E-state index in [0.717, 1.165) is 61.0 Å². The molecule has 2 aromatic rings. The molecule has 2 aliphatic heterocycles. The molecule has 138 valence electrons. The summed E-state index contributed by atoms with van der Waals surface area (Å²) in [7, 11) is 1.69. The molecule has 0 aromatic heterocycles. The van der Waals surface area contributed by atoms with Crippen LogP contribution in [0, 0.1) is 0 Å². The first-order chi connectivity index (χ1) is 12.7.